The summed E-state index contributed by atoms with van der Waals surface area (Å²) in [5, 5.41) is 0. The number of rotatable bonds is 5. The van der Waals surface area contributed by atoms with Crippen LogP contribution in [0.5, 0.6) is 0 Å². The molecule has 1 unspecified atom stereocenters. The van der Waals surface area contributed by atoms with E-state index >= 15 is 0 Å². The lowest BCUT2D eigenvalue weighted by molar-refractivity contribution is -0.131. The molecule has 1 fully saturated rings. The van der Waals surface area contributed by atoms with Gasteiger partial charge in [0.1, 0.15) is 0 Å². The number of likely N-dealkylation sites (tertiary alicyclic amines) is 1. The second-order valence-electron chi connectivity index (χ2n) is 7.08. The molecular weight excluding hydrogens is 390 g/mol. The van der Waals surface area contributed by atoms with Gasteiger partial charge in [-0.05, 0) is 50.8 Å². The SMILES string of the molecule is C#CCn1c(=NC(=O)CSCC(=O)N2CCCCC2C)sc2cc(C)ccc21. The number of hydrogen-bond donors (Lipinski definition) is 0. The lowest BCUT2D eigenvalue weighted by atomic mass is 10.0. The summed E-state index contributed by atoms with van der Waals surface area (Å²) in [6.45, 7) is 5.32. The summed E-state index contributed by atoms with van der Waals surface area (Å²) in [5.41, 5.74) is 2.14. The summed E-state index contributed by atoms with van der Waals surface area (Å²) >= 11 is 2.80. The Morgan fingerprint density at radius 2 is 2.18 bits per heavy atom. The van der Waals surface area contributed by atoms with E-state index in [1.807, 2.05) is 28.5 Å². The van der Waals surface area contributed by atoms with Crippen molar-refractivity contribution in [2.75, 3.05) is 18.1 Å². The van der Waals surface area contributed by atoms with E-state index in [9.17, 15) is 9.59 Å². The average molecular weight is 416 g/mol. The van der Waals surface area contributed by atoms with Crippen molar-refractivity contribution < 1.29 is 9.59 Å². The maximum Gasteiger partial charge on any atom is 0.258 e. The first kappa shape index (κ1) is 20.7. The van der Waals surface area contributed by atoms with Crippen LogP contribution in [0, 0.1) is 19.3 Å². The van der Waals surface area contributed by atoms with Gasteiger partial charge < -0.3 is 9.47 Å². The molecule has 5 nitrogen and oxygen atoms in total. The van der Waals surface area contributed by atoms with Crippen LogP contribution in [0.3, 0.4) is 0 Å². The summed E-state index contributed by atoms with van der Waals surface area (Å²) < 4.78 is 2.95. The molecule has 7 heteroatoms. The van der Waals surface area contributed by atoms with Gasteiger partial charge in [0.05, 0.1) is 28.3 Å². The third-order valence-corrected chi connectivity index (χ3v) is 6.83. The Labute approximate surface area is 173 Å². The molecule has 0 saturated carbocycles. The van der Waals surface area contributed by atoms with Crippen LogP contribution in [0.15, 0.2) is 23.2 Å². The fourth-order valence-corrected chi connectivity index (χ4v) is 5.25. The minimum absolute atomic E-state index is 0.115. The number of amides is 2. The van der Waals surface area contributed by atoms with Gasteiger partial charge in [-0.25, -0.2) is 0 Å². The molecule has 2 heterocycles. The first-order valence-electron chi connectivity index (χ1n) is 9.48. The van der Waals surface area contributed by atoms with Crippen LogP contribution in [-0.4, -0.2) is 45.4 Å². The van der Waals surface area contributed by atoms with Gasteiger partial charge in [-0.2, -0.15) is 4.99 Å². The lowest BCUT2D eigenvalue weighted by Gasteiger charge is -2.33. The van der Waals surface area contributed by atoms with Gasteiger partial charge in [0.15, 0.2) is 4.80 Å². The van der Waals surface area contributed by atoms with E-state index in [-0.39, 0.29) is 17.6 Å². The smallest absolute Gasteiger partial charge is 0.258 e. The Morgan fingerprint density at radius 3 is 2.93 bits per heavy atom. The first-order valence-corrected chi connectivity index (χ1v) is 11.4. The highest BCUT2D eigenvalue weighted by atomic mass is 32.2. The van der Waals surface area contributed by atoms with Gasteiger partial charge in [0.2, 0.25) is 5.91 Å². The number of aromatic nitrogens is 1. The highest BCUT2D eigenvalue weighted by molar-refractivity contribution is 8.00. The summed E-state index contributed by atoms with van der Waals surface area (Å²) in [6.07, 6.45) is 8.81. The summed E-state index contributed by atoms with van der Waals surface area (Å²) in [7, 11) is 0. The first-order chi connectivity index (χ1) is 13.5. The average Bonchev–Trinajstić information content (AvgIpc) is 2.98. The molecule has 0 aliphatic carbocycles. The van der Waals surface area contributed by atoms with Gasteiger partial charge in [-0.15, -0.1) is 18.2 Å². The molecule has 1 saturated heterocycles. The molecule has 1 atom stereocenters. The maximum atomic E-state index is 12.4. The summed E-state index contributed by atoms with van der Waals surface area (Å²) in [5.74, 6) is 3.02. The number of benzene rings is 1. The molecular formula is C21H25N3O2S2. The molecule has 0 N–H and O–H groups in total. The third kappa shape index (κ3) is 4.86. The zero-order chi connectivity index (χ0) is 20.1. The molecule has 3 rings (SSSR count). The Balaban J connectivity index is 1.66. The van der Waals surface area contributed by atoms with Gasteiger partial charge in [-0.3, -0.25) is 9.59 Å². The normalized spacial score (nSPS) is 17.7. The summed E-state index contributed by atoms with van der Waals surface area (Å²) in [4.78, 5) is 31.6. The number of thioether (sulfide) groups is 1. The van der Waals surface area contributed by atoms with Gasteiger partial charge in [-0.1, -0.05) is 23.3 Å². The van der Waals surface area contributed by atoms with Crippen molar-refractivity contribution in [2.45, 2.75) is 45.7 Å². The van der Waals surface area contributed by atoms with Crippen LogP contribution in [0.2, 0.25) is 0 Å². The second kappa shape index (κ2) is 9.44. The standard InChI is InChI=1S/C21H25N3O2S2/c1-4-10-24-17-9-8-15(2)12-18(17)28-21(24)22-19(25)13-27-14-20(26)23-11-6-5-7-16(23)3/h1,8-9,12,16H,5-7,10-11,13-14H2,2-3H3. The number of thiazole rings is 1. The van der Waals surface area contributed by atoms with Gasteiger partial charge in [0.25, 0.3) is 5.91 Å². The fraction of sp³-hybridized carbons (Fsp3) is 0.476. The number of nitrogens with zero attached hydrogens (tertiary/aromatic N) is 3. The van der Waals surface area contributed by atoms with E-state index < -0.39 is 0 Å². The lowest BCUT2D eigenvalue weighted by Crippen LogP contribution is -2.43. The van der Waals surface area contributed by atoms with Crippen LogP contribution in [-0.2, 0) is 16.1 Å². The number of hydrogen-bond acceptors (Lipinski definition) is 4. The molecule has 1 aliphatic rings. The Morgan fingerprint density at radius 1 is 1.36 bits per heavy atom. The van der Waals surface area contributed by atoms with Crippen molar-refractivity contribution in [1.82, 2.24) is 9.47 Å². The second-order valence-corrected chi connectivity index (χ2v) is 9.07. The highest BCUT2D eigenvalue weighted by Gasteiger charge is 2.22. The molecule has 148 valence electrons. The molecule has 1 aliphatic heterocycles. The largest absolute Gasteiger partial charge is 0.339 e. The highest BCUT2D eigenvalue weighted by Crippen LogP contribution is 2.19. The van der Waals surface area contributed by atoms with Crippen molar-refractivity contribution in [2.24, 2.45) is 4.99 Å². The molecule has 0 bridgehead atoms. The monoisotopic (exact) mass is 415 g/mol. The van der Waals surface area contributed by atoms with Crippen molar-refractivity contribution in [3.63, 3.8) is 0 Å². The molecule has 1 aromatic heterocycles. The number of carbonyl (C=O) groups excluding carboxylic acids is 2. The molecule has 1 aromatic carbocycles. The van der Waals surface area contributed by atoms with Gasteiger partial charge >= 0.3 is 0 Å². The van der Waals surface area contributed by atoms with Crippen LogP contribution in [0.25, 0.3) is 10.2 Å². The molecule has 28 heavy (non-hydrogen) atoms. The zero-order valence-electron chi connectivity index (χ0n) is 16.3. The molecule has 2 aromatic rings. The Bertz CT molecular complexity index is 984. The summed E-state index contributed by atoms with van der Waals surface area (Å²) in [6, 6.07) is 6.40. The van der Waals surface area contributed by atoms with Crippen molar-refractivity contribution in [3.05, 3.63) is 28.6 Å². The van der Waals surface area contributed by atoms with E-state index in [0.29, 0.717) is 23.1 Å². The van der Waals surface area contributed by atoms with E-state index in [1.54, 1.807) is 0 Å². The maximum absolute atomic E-state index is 12.4. The Kier molecular flexibility index (Phi) is 6.97. The number of aryl methyl sites for hydroxylation is 1. The van der Waals surface area contributed by atoms with Crippen LogP contribution < -0.4 is 4.80 Å². The predicted octanol–water partition coefficient (Wildman–Crippen LogP) is 3.21. The topological polar surface area (TPSA) is 54.7 Å². The minimum Gasteiger partial charge on any atom is -0.339 e. The third-order valence-electron chi connectivity index (χ3n) is 4.88. The van der Waals surface area contributed by atoms with Crippen molar-refractivity contribution >= 4 is 45.1 Å². The Hall–Kier alpha value is -2.04. The number of terminal acetylenes is 1. The molecule has 0 radical (unpaired) electrons. The zero-order valence-corrected chi connectivity index (χ0v) is 17.9. The predicted molar refractivity (Wildman–Crippen MR) is 116 cm³/mol. The molecule has 2 amide bonds. The number of fused-ring (bicyclic) bond motifs is 1. The minimum atomic E-state index is -0.237. The fourth-order valence-electron chi connectivity index (χ4n) is 3.43. The quantitative estimate of drug-likeness (QED) is 0.705. The van der Waals surface area contributed by atoms with E-state index in [4.69, 9.17) is 6.42 Å². The van der Waals surface area contributed by atoms with Crippen molar-refractivity contribution in [3.8, 4) is 12.3 Å². The number of piperidine rings is 1. The van der Waals surface area contributed by atoms with Crippen LogP contribution >= 0.6 is 23.1 Å². The number of carbonyl (C=O) groups is 2. The van der Waals surface area contributed by atoms with Crippen LogP contribution in [0.4, 0.5) is 0 Å². The van der Waals surface area contributed by atoms with E-state index in [1.165, 1.54) is 29.5 Å². The molecule has 0 spiro atoms. The van der Waals surface area contributed by atoms with Crippen LogP contribution in [0.1, 0.15) is 31.7 Å². The van der Waals surface area contributed by atoms with Crippen molar-refractivity contribution in [1.29, 1.82) is 0 Å². The van der Waals surface area contributed by atoms with Gasteiger partial charge in [0, 0.05) is 12.6 Å². The van der Waals surface area contributed by atoms with E-state index in [2.05, 4.69) is 23.9 Å². The van der Waals surface area contributed by atoms with E-state index in [0.717, 1.165) is 35.2 Å².